The molecule has 2 heterocycles. The number of aliphatic imine (C=N–C) groups is 1. The molecule has 0 aromatic heterocycles. The van der Waals surface area contributed by atoms with E-state index in [0.717, 1.165) is 69.5 Å². The minimum absolute atomic E-state index is 0.305. The van der Waals surface area contributed by atoms with E-state index in [9.17, 15) is 0 Å². The van der Waals surface area contributed by atoms with Crippen LogP contribution >= 0.6 is 11.8 Å². The lowest BCUT2D eigenvalue weighted by Crippen LogP contribution is -2.57. The van der Waals surface area contributed by atoms with Gasteiger partial charge in [0, 0.05) is 63.8 Å². The van der Waals surface area contributed by atoms with Gasteiger partial charge in [0.25, 0.3) is 0 Å². The summed E-state index contributed by atoms with van der Waals surface area (Å²) in [5.74, 6) is 3.14. The molecule has 4 rings (SSSR count). The molecule has 0 amide bonds. The average molecular weight is 381 g/mol. The molecule has 0 aromatic rings. The molecule has 4 fully saturated rings. The van der Waals surface area contributed by atoms with Crippen LogP contribution in [0.15, 0.2) is 4.99 Å². The first kappa shape index (κ1) is 18.9. The van der Waals surface area contributed by atoms with Gasteiger partial charge in [0.15, 0.2) is 5.96 Å². The summed E-state index contributed by atoms with van der Waals surface area (Å²) < 4.78 is 5.87. The van der Waals surface area contributed by atoms with Crippen molar-refractivity contribution in [1.29, 1.82) is 0 Å². The summed E-state index contributed by atoms with van der Waals surface area (Å²) in [7, 11) is 1.93. The lowest BCUT2D eigenvalue weighted by molar-refractivity contribution is 0.0774. The number of fused-ring (bicyclic) bond motifs is 2. The second-order valence-corrected chi connectivity index (χ2v) is 9.94. The molecular formula is C20H36N4OS. The summed E-state index contributed by atoms with van der Waals surface area (Å²) in [6, 6.07) is 0.882. The molecular weight excluding hydrogens is 344 g/mol. The summed E-state index contributed by atoms with van der Waals surface area (Å²) >= 11 is 1.99. The minimum Gasteiger partial charge on any atom is -0.381 e. The molecule has 3 atom stereocenters. The Kier molecular flexibility index (Phi) is 6.01. The molecule has 148 valence electrons. The fourth-order valence-corrected chi connectivity index (χ4v) is 6.48. The predicted molar refractivity (Wildman–Crippen MR) is 110 cm³/mol. The lowest BCUT2D eigenvalue weighted by Gasteiger charge is -2.42. The highest BCUT2D eigenvalue weighted by atomic mass is 32.2. The zero-order valence-electron chi connectivity index (χ0n) is 16.6. The van der Waals surface area contributed by atoms with E-state index in [1.807, 2.05) is 18.8 Å². The number of rotatable bonds is 4. The number of guanidine groups is 1. The zero-order chi connectivity index (χ0) is 18.0. The number of ether oxygens (including phenoxy) is 1. The molecule has 3 unspecified atom stereocenters. The Bertz CT molecular complexity index is 500. The minimum atomic E-state index is 0.305. The molecule has 2 saturated carbocycles. The van der Waals surface area contributed by atoms with Gasteiger partial charge < -0.3 is 15.0 Å². The quantitative estimate of drug-likeness (QED) is 0.598. The van der Waals surface area contributed by atoms with Crippen LogP contribution in [0.25, 0.3) is 0 Å². The number of hydrogen-bond acceptors (Lipinski definition) is 4. The number of nitrogens with zero attached hydrogens (tertiary/aromatic N) is 3. The highest BCUT2D eigenvalue weighted by Crippen LogP contribution is 2.46. The van der Waals surface area contributed by atoms with Crippen molar-refractivity contribution in [2.45, 2.75) is 49.3 Å². The van der Waals surface area contributed by atoms with Crippen LogP contribution in [0.1, 0.15) is 38.5 Å². The summed E-state index contributed by atoms with van der Waals surface area (Å²) in [6.07, 6.45) is 10.5. The van der Waals surface area contributed by atoms with Crippen LogP contribution in [0, 0.1) is 11.8 Å². The van der Waals surface area contributed by atoms with Crippen LogP contribution in [-0.2, 0) is 4.74 Å². The maximum absolute atomic E-state index is 5.57. The monoisotopic (exact) mass is 380 g/mol. The van der Waals surface area contributed by atoms with Crippen LogP contribution in [0.4, 0.5) is 0 Å². The Labute approximate surface area is 163 Å². The van der Waals surface area contributed by atoms with Crippen molar-refractivity contribution in [3.05, 3.63) is 0 Å². The fraction of sp³-hybridized carbons (Fsp3) is 0.950. The van der Waals surface area contributed by atoms with Gasteiger partial charge in [-0.1, -0.05) is 6.42 Å². The summed E-state index contributed by atoms with van der Waals surface area (Å²) in [6.45, 7) is 7.42. The Morgan fingerprint density at radius 1 is 1.15 bits per heavy atom. The molecule has 6 heteroatoms. The van der Waals surface area contributed by atoms with Crippen LogP contribution < -0.4 is 5.32 Å². The normalized spacial score (nSPS) is 35.1. The first-order valence-corrected chi connectivity index (χ1v) is 11.8. The maximum Gasteiger partial charge on any atom is 0.193 e. The Morgan fingerprint density at radius 2 is 1.92 bits per heavy atom. The van der Waals surface area contributed by atoms with Gasteiger partial charge in [-0.3, -0.25) is 9.89 Å². The third-order valence-electron chi connectivity index (χ3n) is 7.40. The molecule has 0 aromatic carbocycles. The fourth-order valence-electron chi connectivity index (χ4n) is 5.69. The number of thioether (sulfide) groups is 1. The van der Waals surface area contributed by atoms with Gasteiger partial charge in [0.05, 0.1) is 0 Å². The van der Waals surface area contributed by atoms with Crippen LogP contribution in [0.2, 0.25) is 0 Å². The maximum atomic E-state index is 5.57. The largest absolute Gasteiger partial charge is 0.381 e. The Hall–Kier alpha value is -0.460. The molecule has 26 heavy (non-hydrogen) atoms. The highest BCUT2D eigenvalue weighted by Gasteiger charge is 2.43. The summed E-state index contributed by atoms with van der Waals surface area (Å²) in [5.41, 5.74) is 0. The van der Waals surface area contributed by atoms with Crippen LogP contribution in [-0.4, -0.2) is 85.8 Å². The van der Waals surface area contributed by atoms with E-state index in [1.165, 1.54) is 38.8 Å². The van der Waals surface area contributed by atoms with Crippen LogP contribution in [0.3, 0.4) is 0 Å². The topological polar surface area (TPSA) is 40.1 Å². The molecule has 2 aliphatic carbocycles. The van der Waals surface area contributed by atoms with E-state index in [4.69, 9.17) is 4.74 Å². The van der Waals surface area contributed by atoms with Crippen molar-refractivity contribution < 1.29 is 4.74 Å². The third kappa shape index (κ3) is 3.88. The van der Waals surface area contributed by atoms with E-state index in [-0.39, 0.29) is 0 Å². The first-order chi connectivity index (χ1) is 12.7. The van der Waals surface area contributed by atoms with E-state index >= 15 is 0 Å². The van der Waals surface area contributed by atoms with Gasteiger partial charge in [0.1, 0.15) is 0 Å². The molecule has 0 spiro atoms. The Morgan fingerprint density at radius 3 is 2.50 bits per heavy atom. The highest BCUT2D eigenvalue weighted by molar-refractivity contribution is 8.00. The first-order valence-electron chi connectivity index (χ1n) is 10.6. The van der Waals surface area contributed by atoms with E-state index in [2.05, 4.69) is 26.4 Å². The number of nitrogens with one attached hydrogen (secondary N) is 1. The molecule has 1 N–H and O–H groups in total. The van der Waals surface area contributed by atoms with Gasteiger partial charge in [0.2, 0.25) is 0 Å². The molecule has 4 aliphatic rings. The van der Waals surface area contributed by atoms with E-state index < -0.39 is 0 Å². The standard InChI is InChI=1S/C20H36N4OS/c1-21-19(22-15-20(26-2)5-11-25-12-6-20)24-9-7-23(8-10-24)18-14-16-3-4-17(18)13-16/h16-18H,3-15H2,1-2H3,(H,21,22). The Balaban J connectivity index is 1.27. The van der Waals surface area contributed by atoms with Crippen molar-refractivity contribution >= 4 is 17.7 Å². The van der Waals surface area contributed by atoms with Gasteiger partial charge in [-0.25, -0.2) is 0 Å². The number of hydrogen-bond donors (Lipinski definition) is 1. The van der Waals surface area contributed by atoms with Crippen molar-refractivity contribution in [3.63, 3.8) is 0 Å². The zero-order valence-corrected chi connectivity index (χ0v) is 17.4. The molecule has 0 radical (unpaired) electrons. The van der Waals surface area contributed by atoms with Crippen molar-refractivity contribution in [1.82, 2.24) is 15.1 Å². The lowest BCUT2D eigenvalue weighted by atomic mass is 9.93. The summed E-state index contributed by atoms with van der Waals surface area (Å²) in [5, 5.41) is 3.69. The summed E-state index contributed by atoms with van der Waals surface area (Å²) in [4.78, 5) is 9.85. The van der Waals surface area contributed by atoms with Crippen LogP contribution in [0.5, 0.6) is 0 Å². The molecule has 5 nitrogen and oxygen atoms in total. The van der Waals surface area contributed by atoms with Gasteiger partial charge in [-0.05, 0) is 50.2 Å². The molecule has 2 saturated heterocycles. The van der Waals surface area contributed by atoms with Gasteiger partial charge >= 0.3 is 0 Å². The SMILES string of the molecule is CN=C(NCC1(SC)CCOCC1)N1CCN(C2CC3CCC2C3)CC1. The number of piperazine rings is 1. The average Bonchev–Trinajstić information content (AvgIpc) is 3.33. The molecule has 2 bridgehead atoms. The third-order valence-corrected chi connectivity index (χ3v) is 8.82. The van der Waals surface area contributed by atoms with Crippen molar-refractivity contribution in [2.75, 3.05) is 59.2 Å². The van der Waals surface area contributed by atoms with Crippen molar-refractivity contribution in [2.24, 2.45) is 16.8 Å². The van der Waals surface area contributed by atoms with E-state index in [0.29, 0.717) is 4.75 Å². The van der Waals surface area contributed by atoms with Gasteiger partial charge in [-0.15, -0.1) is 0 Å². The second-order valence-electron chi connectivity index (χ2n) is 8.67. The second kappa shape index (κ2) is 8.27. The smallest absolute Gasteiger partial charge is 0.193 e. The van der Waals surface area contributed by atoms with E-state index in [1.54, 1.807) is 0 Å². The van der Waals surface area contributed by atoms with Gasteiger partial charge in [-0.2, -0.15) is 11.8 Å². The predicted octanol–water partition coefficient (Wildman–Crippen LogP) is 2.28. The molecule has 2 aliphatic heterocycles. The van der Waals surface area contributed by atoms with Crippen molar-refractivity contribution in [3.8, 4) is 0 Å².